The van der Waals surface area contributed by atoms with E-state index in [2.05, 4.69) is 6.07 Å². The van der Waals surface area contributed by atoms with Gasteiger partial charge in [0.1, 0.15) is 11.2 Å². The summed E-state index contributed by atoms with van der Waals surface area (Å²) in [6.45, 7) is 5.60. The van der Waals surface area contributed by atoms with Gasteiger partial charge < -0.3 is 24.0 Å². The number of amides is 1. The van der Waals surface area contributed by atoms with Crippen molar-refractivity contribution < 1.29 is 24.2 Å². The van der Waals surface area contributed by atoms with Gasteiger partial charge in [-0.15, -0.1) is 11.3 Å². The van der Waals surface area contributed by atoms with Crippen LogP contribution in [-0.4, -0.2) is 52.4 Å². The summed E-state index contributed by atoms with van der Waals surface area (Å²) in [5.41, 5.74) is 1.47. The van der Waals surface area contributed by atoms with Gasteiger partial charge in [-0.3, -0.25) is 4.79 Å². The number of aromatic carboxylic acids is 1. The molecule has 9 heteroatoms. The Morgan fingerprint density at radius 3 is 2.54 bits per heavy atom. The highest BCUT2D eigenvalue weighted by molar-refractivity contribution is 7.15. The van der Waals surface area contributed by atoms with Crippen LogP contribution in [0.2, 0.25) is 0 Å². The van der Waals surface area contributed by atoms with Crippen LogP contribution >= 0.6 is 11.3 Å². The average Bonchev–Trinajstić information content (AvgIpc) is 3.59. The molecular formula is C28H32N2O6S. The van der Waals surface area contributed by atoms with E-state index in [1.54, 1.807) is 36.5 Å². The zero-order valence-corrected chi connectivity index (χ0v) is 22.6. The van der Waals surface area contributed by atoms with E-state index >= 15 is 0 Å². The number of methoxy groups -OCH3 is 1. The van der Waals surface area contributed by atoms with Gasteiger partial charge in [-0.1, -0.05) is 0 Å². The number of aromatic nitrogens is 1. The van der Waals surface area contributed by atoms with E-state index in [-0.39, 0.29) is 23.7 Å². The lowest BCUT2D eigenvalue weighted by atomic mass is 9.93. The highest BCUT2D eigenvalue weighted by Gasteiger charge is 2.32. The Hall–Kier alpha value is -3.33. The monoisotopic (exact) mass is 524 g/mol. The standard InChI is InChI=1S/C28H32N2O6S/c1-28(2,3)36-27(34)29(4)17-8-11-21-15(12-17)13-22(37-21)18-9-10-19-23(25(18)35-5)30(16-6-7-16)14-20(24(19)31)26(32)33/h9-10,13-14,16-17H,6-8,11-12H2,1-5H3,(H,32,33). The normalized spacial score (nSPS) is 17.4. The van der Waals surface area contributed by atoms with Crippen molar-refractivity contribution >= 4 is 34.3 Å². The highest BCUT2D eigenvalue weighted by atomic mass is 32.1. The Morgan fingerprint density at radius 1 is 1.19 bits per heavy atom. The van der Waals surface area contributed by atoms with E-state index in [1.165, 1.54) is 16.6 Å². The fourth-order valence-electron chi connectivity index (χ4n) is 5.06. The Morgan fingerprint density at radius 2 is 1.92 bits per heavy atom. The van der Waals surface area contributed by atoms with E-state index in [0.717, 1.165) is 42.5 Å². The molecule has 2 aromatic heterocycles. The van der Waals surface area contributed by atoms with E-state index < -0.39 is 17.0 Å². The number of carbonyl (C=O) groups excluding carboxylic acids is 1. The topological polar surface area (TPSA) is 98.1 Å². The van der Waals surface area contributed by atoms with Crippen molar-refractivity contribution in [2.45, 2.75) is 70.6 Å². The van der Waals surface area contributed by atoms with Gasteiger partial charge in [-0.05, 0) is 76.6 Å². The first kappa shape index (κ1) is 25.3. The molecule has 1 fully saturated rings. The molecule has 1 saturated carbocycles. The van der Waals surface area contributed by atoms with Crippen LogP contribution in [0.4, 0.5) is 4.79 Å². The molecule has 1 amide bonds. The Labute approximate surface area is 219 Å². The number of likely N-dealkylation sites (N-methyl/N-ethyl adjacent to an activating group) is 1. The minimum absolute atomic E-state index is 0.0535. The summed E-state index contributed by atoms with van der Waals surface area (Å²) in [4.78, 5) is 41.4. The van der Waals surface area contributed by atoms with Gasteiger partial charge in [0.25, 0.3) is 0 Å². The first-order chi connectivity index (χ1) is 17.5. The zero-order chi connectivity index (χ0) is 26.6. The zero-order valence-electron chi connectivity index (χ0n) is 21.8. The molecule has 0 bridgehead atoms. The van der Waals surface area contributed by atoms with Gasteiger partial charge >= 0.3 is 12.1 Å². The number of fused-ring (bicyclic) bond motifs is 2. The number of thiophene rings is 1. The second-order valence-electron chi connectivity index (χ2n) is 10.9. The van der Waals surface area contributed by atoms with Crippen molar-refractivity contribution in [3.63, 3.8) is 0 Å². The maximum atomic E-state index is 13.0. The number of nitrogens with zero attached hydrogens (tertiary/aromatic N) is 2. The fraction of sp³-hybridized carbons (Fsp3) is 0.464. The molecule has 196 valence electrons. The molecule has 0 spiro atoms. The second-order valence-corrected chi connectivity index (χ2v) is 12.0. The maximum absolute atomic E-state index is 13.0. The van der Waals surface area contributed by atoms with Crippen LogP contribution in [0, 0.1) is 0 Å². The van der Waals surface area contributed by atoms with Crippen molar-refractivity contribution in [3.8, 4) is 16.2 Å². The molecule has 2 aliphatic carbocycles. The quantitative estimate of drug-likeness (QED) is 0.474. The number of aryl methyl sites for hydroxylation is 1. The number of hydrogen-bond acceptors (Lipinski definition) is 6. The first-order valence-electron chi connectivity index (χ1n) is 12.6. The van der Waals surface area contributed by atoms with Crippen LogP contribution < -0.4 is 10.2 Å². The van der Waals surface area contributed by atoms with E-state index in [4.69, 9.17) is 9.47 Å². The molecule has 37 heavy (non-hydrogen) atoms. The van der Waals surface area contributed by atoms with Gasteiger partial charge in [0.15, 0.2) is 5.75 Å². The maximum Gasteiger partial charge on any atom is 0.410 e. The molecule has 0 aliphatic heterocycles. The Bertz CT molecular complexity index is 1460. The first-order valence-corrected chi connectivity index (χ1v) is 13.4. The summed E-state index contributed by atoms with van der Waals surface area (Å²) in [5, 5.41) is 9.93. The highest BCUT2D eigenvalue weighted by Crippen LogP contribution is 2.45. The number of rotatable bonds is 5. The lowest BCUT2D eigenvalue weighted by Crippen LogP contribution is -2.43. The van der Waals surface area contributed by atoms with Crippen molar-refractivity contribution in [1.29, 1.82) is 0 Å². The van der Waals surface area contributed by atoms with Gasteiger partial charge in [0.05, 0.1) is 18.0 Å². The summed E-state index contributed by atoms with van der Waals surface area (Å²) < 4.78 is 13.4. The third-order valence-electron chi connectivity index (χ3n) is 7.07. The number of pyridine rings is 1. The van der Waals surface area contributed by atoms with E-state index in [1.807, 2.05) is 31.4 Å². The molecule has 1 N–H and O–H groups in total. The Balaban J connectivity index is 1.53. The number of benzene rings is 1. The van der Waals surface area contributed by atoms with Crippen molar-refractivity contribution in [3.05, 3.63) is 50.6 Å². The van der Waals surface area contributed by atoms with Gasteiger partial charge in [0, 0.05) is 40.6 Å². The predicted octanol–water partition coefficient (Wildman–Crippen LogP) is 5.50. The molecule has 2 aliphatic rings. The van der Waals surface area contributed by atoms with Crippen LogP contribution in [0.15, 0.2) is 29.2 Å². The van der Waals surface area contributed by atoms with Crippen molar-refractivity contribution in [2.75, 3.05) is 14.2 Å². The van der Waals surface area contributed by atoms with Crippen LogP contribution in [0.3, 0.4) is 0 Å². The van der Waals surface area contributed by atoms with Crippen molar-refractivity contribution in [1.82, 2.24) is 9.47 Å². The SMILES string of the molecule is COc1c(-c2cc3c(s2)CCC(N(C)C(=O)OC(C)(C)C)C3)ccc2c(=O)c(C(=O)O)cn(C3CC3)c12. The molecule has 0 radical (unpaired) electrons. The largest absolute Gasteiger partial charge is 0.494 e. The minimum atomic E-state index is -1.22. The smallest absolute Gasteiger partial charge is 0.410 e. The number of carboxylic acids is 1. The minimum Gasteiger partial charge on any atom is -0.494 e. The molecule has 1 unspecified atom stereocenters. The third-order valence-corrected chi connectivity index (χ3v) is 8.34. The summed E-state index contributed by atoms with van der Waals surface area (Å²) in [6, 6.07) is 5.94. The van der Waals surface area contributed by atoms with Gasteiger partial charge in [0.2, 0.25) is 5.43 Å². The number of carboxylic acid groups (broad SMARTS) is 1. The summed E-state index contributed by atoms with van der Waals surface area (Å²) in [5.74, 6) is -0.638. The predicted molar refractivity (Wildman–Crippen MR) is 143 cm³/mol. The summed E-state index contributed by atoms with van der Waals surface area (Å²) in [6.07, 6.45) is 5.49. The molecule has 0 saturated heterocycles. The summed E-state index contributed by atoms with van der Waals surface area (Å²) in [7, 11) is 3.39. The van der Waals surface area contributed by atoms with Gasteiger partial charge in [-0.2, -0.15) is 0 Å². The van der Waals surface area contributed by atoms with Crippen LogP contribution in [-0.2, 0) is 17.6 Å². The van der Waals surface area contributed by atoms with Crippen LogP contribution in [0.1, 0.15) is 66.9 Å². The molecular weight excluding hydrogens is 492 g/mol. The molecule has 8 nitrogen and oxygen atoms in total. The molecule has 5 rings (SSSR count). The van der Waals surface area contributed by atoms with Gasteiger partial charge in [-0.25, -0.2) is 9.59 Å². The van der Waals surface area contributed by atoms with Crippen LogP contribution in [0.5, 0.6) is 5.75 Å². The number of ether oxygens (including phenoxy) is 2. The second kappa shape index (κ2) is 9.20. The fourth-order valence-corrected chi connectivity index (χ4v) is 6.29. The number of carbonyl (C=O) groups is 2. The summed E-state index contributed by atoms with van der Waals surface area (Å²) >= 11 is 1.70. The van der Waals surface area contributed by atoms with E-state index in [9.17, 15) is 19.5 Å². The number of hydrogen-bond donors (Lipinski definition) is 1. The van der Waals surface area contributed by atoms with Crippen LogP contribution in [0.25, 0.3) is 21.3 Å². The molecule has 1 atom stereocenters. The Kier molecular flexibility index (Phi) is 6.30. The van der Waals surface area contributed by atoms with Crippen molar-refractivity contribution in [2.24, 2.45) is 0 Å². The lowest BCUT2D eigenvalue weighted by Gasteiger charge is -2.32. The third kappa shape index (κ3) is 4.72. The van der Waals surface area contributed by atoms with E-state index in [0.29, 0.717) is 16.7 Å². The molecule has 3 aromatic rings. The lowest BCUT2D eigenvalue weighted by molar-refractivity contribution is 0.0210. The molecule has 2 heterocycles. The average molecular weight is 525 g/mol. The molecule has 1 aromatic carbocycles.